The summed E-state index contributed by atoms with van der Waals surface area (Å²) >= 11 is 1.18. The van der Waals surface area contributed by atoms with Crippen molar-refractivity contribution in [3.63, 3.8) is 0 Å². The highest BCUT2D eigenvalue weighted by atomic mass is 32.2. The first-order valence-corrected chi connectivity index (χ1v) is 12.1. The summed E-state index contributed by atoms with van der Waals surface area (Å²) in [6.45, 7) is 4.28. The number of thiophene rings is 1. The summed E-state index contributed by atoms with van der Waals surface area (Å²) in [5, 5.41) is 7.43. The Bertz CT molecular complexity index is 984. The molecule has 0 radical (unpaired) electrons. The van der Waals surface area contributed by atoms with E-state index in [0.717, 1.165) is 5.56 Å². The van der Waals surface area contributed by atoms with Crippen molar-refractivity contribution < 1.29 is 18.0 Å². The third-order valence-electron chi connectivity index (χ3n) is 4.91. The van der Waals surface area contributed by atoms with E-state index in [9.17, 15) is 18.0 Å². The van der Waals surface area contributed by atoms with Crippen LogP contribution in [-0.4, -0.2) is 44.4 Å². The Hall–Kier alpha value is -2.43. The second kappa shape index (κ2) is 9.59. The second-order valence-electron chi connectivity index (χ2n) is 7.29. The first-order valence-electron chi connectivity index (χ1n) is 9.73. The van der Waals surface area contributed by atoms with Crippen LogP contribution in [0.15, 0.2) is 46.0 Å². The minimum Gasteiger partial charge on any atom is -0.331 e. The van der Waals surface area contributed by atoms with Crippen LogP contribution in [0.1, 0.15) is 38.3 Å². The number of piperidine rings is 1. The molecule has 10 heteroatoms. The standard InChI is InChI=1S/C20H26N4O4S2/c1-14(16-5-3-6-18(13-16)22-15(2)25)21-20(26)24-10-8-17(9-11-24)23-30(27,28)19-7-4-12-29-19/h3-7,12-14,17,23H,8-11H2,1-2H3,(H,21,26)(H,22,25). The van der Waals surface area contributed by atoms with Crippen molar-refractivity contribution in [3.8, 4) is 0 Å². The molecule has 1 aliphatic heterocycles. The van der Waals surface area contributed by atoms with Gasteiger partial charge < -0.3 is 15.5 Å². The third-order valence-corrected chi connectivity index (χ3v) is 7.83. The van der Waals surface area contributed by atoms with Crippen molar-refractivity contribution in [3.05, 3.63) is 47.3 Å². The highest BCUT2D eigenvalue weighted by Gasteiger charge is 2.27. The van der Waals surface area contributed by atoms with Crippen LogP contribution in [0, 0.1) is 0 Å². The van der Waals surface area contributed by atoms with Gasteiger partial charge in [-0.1, -0.05) is 18.2 Å². The van der Waals surface area contributed by atoms with Gasteiger partial charge in [0.2, 0.25) is 15.9 Å². The quantitative estimate of drug-likeness (QED) is 0.629. The van der Waals surface area contributed by atoms with Gasteiger partial charge in [-0.3, -0.25) is 4.79 Å². The number of hydrogen-bond acceptors (Lipinski definition) is 5. The van der Waals surface area contributed by atoms with Crippen LogP contribution in [0.5, 0.6) is 0 Å². The van der Waals surface area contributed by atoms with E-state index in [0.29, 0.717) is 35.8 Å². The highest BCUT2D eigenvalue weighted by Crippen LogP contribution is 2.20. The summed E-state index contributed by atoms with van der Waals surface area (Å²) in [6.07, 6.45) is 1.12. The monoisotopic (exact) mass is 450 g/mol. The average Bonchev–Trinajstić information content (AvgIpc) is 3.24. The van der Waals surface area contributed by atoms with Gasteiger partial charge in [0, 0.05) is 31.7 Å². The molecule has 1 aromatic heterocycles. The van der Waals surface area contributed by atoms with Crippen LogP contribution in [0.3, 0.4) is 0 Å². The van der Waals surface area contributed by atoms with Crippen LogP contribution >= 0.6 is 11.3 Å². The SMILES string of the molecule is CC(=O)Nc1cccc(C(C)NC(=O)N2CCC(NS(=O)(=O)c3cccs3)CC2)c1. The zero-order valence-corrected chi connectivity index (χ0v) is 18.6. The zero-order valence-electron chi connectivity index (χ0n) is 16.9. The van der Waals surface area contributed by atoms with E-state index in [2.05, 4.69) is 15.4 Å². The van der Waals surface area contributed by atoms with E-state index < -0.39 is 10.0 Å². The van der Waals surface area contributed by atoms with Crippen LogP contribution in [0.4, 0.5) is 10.5 Å². The van der Waals surface area contributed by atoms with Crippen molar-refractivity contribution in [1.29, 1.82) is 0 Å². The smallest absolute Gasteiger partial charge is 0.317 e. The van der Waals surface area contributed by atoms with E-state index in [4.69, 9.17) is 0 Å². The van der Waals surface area contributed by atoms with Gasteiger partial charge in [-0.2, -0.15) is 0 Å². The summed E-state index contributed by atoms with van der Waals surface area (Å²) in [4.78, 5) is 25.6. The number of urea groups is 1. The first-order chi connectivity index (χ1) is 14.2. The molecule has 0 aliphatic carbocycles. The number of hydrogen-bond donors (Lipinski definition) is 3. The number of carbonyl (C=O) groups is 2. The van der Waals surface area contributed by atoms with Gasteiger partial charge in [0.15, 0.2) is 0 Å². The average molecular weight is 451 g/mol. The molecule has 3 amide bonds. The molecule has 1 aromatic carbocycles. The molecule has 1 fully saturated rings. The molecule has 30 heavy (non-hydrogen) atoms. The molecule has 8 nitrogen and oxygen atoms in total. The molecular formula is C20H26N4O4S2. The fourth-order valence-electron chi connectivity index (χ4n) is 3.34. The van der Waals surface area contributed by atoms with Gasteiger partial charge in [-0.15, -0.1) is 11.3 Å². The van der Waals surface area contributed by atoms with Gasteiger partial charge in [-0.25, -0.2) is 17.9 Å². The Balaban J connectivity index is 1.51. The van der Waals surface area contributed by atoms with Crippen molar-refractivity contribution in [2.45, 2.75) is 43.0 Å². The molecule has 0 bridgehead atoms. The Kier molecular flexibility index (Phi) is 7.11. The summed E-state index contributed by atoms with van der Waals surface area (Å²) in [7, 11) is -3.50. The minimum absolute atomic E-state index is 0.151. The van der Waals surface area contributed by atoms with Gasteiger partial charge >= 0.3 is 6.03 Å². The van der Waals surface area contributed by atoms with E-state index in [1.54, 1.807) is 28.5 Å². The number of amides is 3. The molecule has 1 aliphatic rings. The van der Waals surface area contributed by atoms with Crippen LogP contribution in [0.2, 0.25) is 0 Å². The molecule has 0 spiro atoms. The normalized spacial score (nSPS) is 16.1. The van der Waals surface area contributed by atoms with Crippen LogP contribution < -0.4 is 15.4 Å². The predicted octanol–water partition coefficient (Wildman–Crippen LogP) is 2.92. The van der Waals surface area contributed by atoms with Gasteiger partial charge in [0.25, 0.3) is 0 Å². The summed E-state index contributed by atoms with van der Waals surface area (Å²) in [6, 6.07) is 10.0. The van der Waals surface area contributed by atoms with E-state index in [1.165, 1.54) is 18.3 Å². The molecule has 2 aromatic rings. The molecule has 3 N–H and O–H groups in total. The number of carbonyl (C=O) groups excluding carboxylic acids is 2. The van der Waals surface area contributed by atoms with E-state index >= 15 is 0 Å². The topological polar surface area (TPSA) is 108 Å². The number of sulfonamides is 1. The predicted molar refractivity (Wildman–Crippen MR) is 117 cm³/mol. The molecule has 162 valence electrons. The number of anilines is 1. The molecule has 0 saturated carbocycles. The summed E-state index contributed by atoms with van der Waals surface area (Å²) < 4.78 is 27.7. The maximum absolute atomic E-state index is 12.6. The fourth-order valence-corrected chi connectivity index (χ4v) is 5.66. The Morgan fingerprint density at radius 2 is 1.90 bits per heavy atom. The molecular weight excluding hydrogens is 424 g/mol. The van der Waals surface area contributed by atoms with Crippen LogP contribution in [0.25, 0.3) is 0 Å². The molecule has 2 heterocycles. The Morgan fingerprint density at radius 3 is 2.53 bits per heavy atom. The van der Waals surface area contributed by atoms with Gasteiger partial charge in [0.1, 0.15) is 4.21 Å². The summed E-state index contributed by atoms with van der Waals surface area (Å²) in [5.41, 5.74) is 1.56. The number of likely N-dealkylation sites (tertiary alicyclic amines) is 1. The Labute approximate surface area is 180 Å². The number of benzene rings is 1. The van der Waals surface area contributed by atoms with E-state index in [1.807, 2.05) is 25.1 Å². The first kappa shape index (κ1) is 22.3. The lowest BCUT2D eigenvalue weighted by Crippen LogP contribution is -2.49. The van der Waals surface area contributed by atoms with Crippen molar-refractivity contribution in [1.82, 2.24) is 14.9 Å². The highest BCUT2D eigenvalue weighted by molar-refractivity contribution is 7.91. The minimum atomic E-state index is -3.50. The lowest BCUT2D eigenvalue weighted by molar-refractivity contribution is -0.114. The number of nitrogens with one attached hydrogen (secondary N) is 3. The zero-order chi connectivity index (χ0) is 21.7. The summed E-state index contributed by atoms with van der Waals surface area (Å²) in [5.74, 6) is -0.151. The number of nitrogens with zero attached hydrogens (tertiary/aromatic N) is 1. The van der Waals surface area contributed by atoms with Crippen molar-refractivity contribution >= 4 is 39.0 Å². The lowest BCUT2D eigenvalue weighted by Gasteiger charge is -2.33. The molecule has 1 saturated heterocycles. The Morgan fingerprint density at radius 1 is 1.17 bits per heavy atom. The fraction of sp³-hybridized carbons (Fsp3) is 0.400. The van der Waals surface area contributed by atoms with Crippen molar-refractivity contribution in [2.24, 2.45) is 0 Å². The van der Waals surface area contributed by atoms with Gasteiger partial charge in [0.05, 0.1) is 6.04 Å². The molecule has 1 atom stereocenters. The lowest BCUT2D eigenvalue weighted by atomic mass is 10.1. The molecule has 3 rings (SSSR count). The van der Waals surface area contributed by atoms with Crippen LogP contribution in [-0.2, 0) is 14.8 Å². The largest absolute Gasteiger partial charge is 0.331 e. The van der Waals surface area contributed by atoms with E-state index in [-0.39, 0.29) is 24.0 Å². The molecule has 1 unspecified atom stereocenters. The second-order valence-corrected chi connectivity index (χ2v) is 10.2. The third kappa shape index (κ3) is 5.80. The number of rotatable bonds is 6. The maximum atomic E-state index is 12.6. The van der Waals surface area contributed by atoms with Gasteiger partial charge in [-0.05, 0) is 48.9 Å². The maximum Gasteiger partial charge on any atom is 0.317 e. The van der Waals surface area contributed by atoms with Crippen molar-refractivity contribution in [2.75, 3.05) is 18.4 Å².